The van der Waals surface area contributed by atoms with Crippen molar-refractivity contribution in [2.45, 2.75) is 21.6 Å². The maximum Gasteiger partial charge on any atom is 0.371 e. The van der Waals surface area contributed by atoms with E-state index in [2.05, 4.69) is 21.1 Å². The van der Waals surface area contributed by atoms with Crippen molar-refractivity contribution in [2.75, 3.05) is 13.2 Å². The molecule has 0 heterocycles. The molecule has 0 radical (unpaired) electrons. The SMILES string of the molecule is OCC(F)(Cl)OC(OCC(F)(Cl)Cl)C(F)(F)Cl. The van der Waals surface area contributed by atoms with Crippen molar-refractivity contribution in [3.8, 4) is 0 Å². The number of alkyl halides is 8. The Kier molecular flexibility index (Phi) is 6.55. The van der Waals surface area contributed by atoms with Gasteiger partial charge in [-0.3, -0.25) is 4.74 Å². The van der Waals surface area contributed by atoms with Gasteiger partial charge in [-0.1, -0.05) is 23.2 Å². The van der Waals surface area contributed by atoms with Crippen LogP contribution in [-0.4, -0.2) is 39.9 Å². The Bertz CT molecular complexity index is 242. The number of rotatable bonds is 7. The normalized spacial score (nSPS) is 18.9. The number of halogens is 8. The lowest BCUT2D eigenvalue weighted by molar-refractivity contribution is -0.286. The van der Waals surface area contributed by atoms with Crippen molar-refractivity contribution in [2.24, 2.45) is 0 Å². The second-order valence-electron chi connectivity index (χ2n) is 2.71. The number of aliphatic hydroxyl groups excluding tert-OH is 1. The maximum absolute atomic E-state index is 12.9. The molecule has 0 aromatic heterocycles. The highest BCUT2D eigenvalue weighted by Gasteiger charge is 2.46. The largest absolute Gasteiger partial charge is 0.389 e. The molecule has 0 aromatic carbocycles. The molecule has 0 spiro atoms. The van der Waals surface area contributed by atoms with Crippen LogP contribution >= 0.6 is 46.4 Å². The lowest BCUT2D eigenvalue weighted by atomic mass is 10.6. The van der Waals surface area contributed by atoms with E-state index in [1.165, 1.54) is 0 Å². The molecule has 104 valence electrons. The van der Waals surface area contributed by atoms with Crippen molar-refractivity contribution in [3.05, 3.63) is 0 Å². The van der Waals surface area contributed by atoms with Crippen molar-refractivity contribution < 1.29 is 32.1 Å². The van der Waals surface area contributed by atoms with E-state index in [-0.39, 0.29) is 0 Å². The Morgan fingerprint density at radius 3 is 1.82 bits per heavy atom. The molecule has 0 aliphatic rings. The minimum absolute atomic E-state index is 1.29. The molecule has 0 amide bonds. The average molecular weight is 344 g/mol. The second kappa shape index (κ2) is 6.27. The standard InChI is InChI=1S/C6H6Cl4F4O3/c7-4(8,11)2-16-3(6(10,13)14)17-5(9,12)1-15/h3,15H,1-2H2. The summed E-state index contributed by atoms with van der Waals surface area (Å²) >= 11 is 18.9. The minimum Gasteiger partial charge on any atom is -0.389 e. The molecule has 3 nitrogen and oxygen atoms in total. The van der Waals surface area contributed by atoms with Crippen LogP contribution in [0.3, 0.4) is 0 Å². The van der Waals surface area contributed by atoms with Crippen LogP contribution in [-0.2, 0) is 9.47 Å². The Balaban J connectivity index is 4.58. The third-order valence-electron chi connectivity index (χ3n) is 1.13. The van der Waals surface area contributed by atoms with Gasteiger partial charge in [0.1, 0.15) is 13.2 Å². The first kappa shape index (κ1) is 17.8. The Morgan fingerprint density at radius 1 is 1.06 bits per heavy atom. The molecule has 2 atom stereocenters. The van der Waals surface area contributed by atoms with E-state index in [1.807, 2.05) is 0 Å². The van der Waals surface area contributed by atoms with Gasteiger partial charge in [-0.25, -0.2) is 4.39 Å². The van der Waals surface area contributed by atoms with Gasteiger partial charge in [0, 0.05) is 0 Å². The van der Waals surface area contributed by atoms with Crippen molar-refractivity contribution in [3.63, 3.8) is 0 Å². The quantitative estimate of drug-likeness (QED) is 0.438. The molecular weight excluding hydrogens is 338 g/mol. The van der Waals surface area contributed by atoms with Gasteiger partial charge in [0.2, 0.25) is 6.29 Å². The van der Waals surface area contributed by atoms with Gasteiger partial charge in [-0.15, -0.1) is 0 Å². The third-order valence-corrected chi connectivity index (χ3v) is 1.73. The first-order chi connectivity index (χ1) is 7.37. The van der Waals surface area contributed by atoms with E-state index in [9.17, 15) is 17.6 Å². The average Bonchev–Trinajstić information content (AvgIpc) is 2.09. The lowest BCUT2D eigenvalue weighted by Crippen LogP contribution is -2.42. The van der Waals surface area contributed by atoms with Crippen molar-refractivity contribution >= 4 is 46.4 Å². The second-order valence-corrected chi connectivity index (χ2v) is 5.17. The van der Waals surface area contributed by atoms with Gasteiger partial charge in [0.25, 0.3) is 4.59 Å². The monoisotopic (exact) mass is 342 g/mol. The zero-order valence-corrected chi connectivity index (χ0v) is 10.8. The molecule has 0 bridgehead atoms. The molecule has 1 N–H and O–H groups in total. The highest BCUT2D eigenvalue weighted by molar-refractivity contribution is 6.47. The van der Waals surface area contributed by atoms with Crippen LogP contribution in [0.25, 0.3) is 0 Å². The zero-order valence-electron chi connectivity index (χ0n) is 7.78. The number of hydrogen-bond acceptors (Lipinski definition) is 3. The summed E-state index contributed by atoms with van der Waals surface area (Å²) in [6.07, 6.45) is -2.80. The van der Waals surface area contributed by atoms with E-state index >= 15 is 0 Å². The van der Waals surface area contributed by atoms with E-state index in [0.717, 1.165) is 0 Å². The summed E-state index contributed by atoms with van der Waals surface area (Å²) in [5.41, 5.74) is 0. The third kappa shape index (κ3) is 8.47. The van der Waals surface area contributed by atoms with Gasteiger partial charge < -0.3 is 9.84 Å². The predicted octanol–water partition coefficient (Wildman–Crippen LogP) is 3.13. The van der Waals surface area contributed by atoms with Gasteiger partial charge >= 0.3 is 10.7 Å². The van der Waals surface area contributed by atoms with Crippen molar-refractivity contribution in [1.29, 1.82) is 0 Å². The molecule has 2 unspecified atom stereocenters. The van der Waals surface area contributed by atoms with Gasteiger partial charge in [0.05, 0.1) is 0 Å². The minimum atomic E-state index is -4.25. The maximum atomic E-state index is 12.9. The van der Waals surface area contributed by atoms with Crippen LogP contribution in [0, 0.1) is 0 Å². The first-order valence-electron chi connectivity index (χ1n) is 3.79. The van der Waals surface area contributed by atoms with E-state index in [0.29, 0.717) is 0 Å². The summed E-state index contributed by atoms with van der Waals surface area (Å²) in [4.78, 5) is 0. The summed E-state index contributed by atoms with van der Waals surface area (Å²) in [6, 6.07) is 0. The van der Waals surface area contributed by atoms with Gasteiger partial charge in [0.15, 0.2) is 0 Å². The lowest BCUT2D eigenvalue weighted by Gasteiger charge is -2.27. The molecule has 0 rings (SSSR count). The smallest absolute Gasteiger partial charge is 0.371 e. The number of ether oxygens (including phenoxy) is 2. The molecular formula is C6H6Cl4F4O3. The molecule has 0 aliphatic heterocycles. The van der Waals surface area contributed by atoms with E-state index in [4.69, 9.17) is 39.9 Å². The van der Waals surface area contributed by atoms with Crippen LogP contribution in [0.4, 0.5) is 17.6 Å². The van der Waals surface area contributed by atoms with Crippen LogP contribution < -0.4 is 0 Å². The highest BCUT2D eigenvalue weighted by atomic mass is 35.5. The van der Waals surface area contributed by atoms with Gasteiger partial charge in [-0.05, 0) is 23.2 Å². The molecule has 0 aromatic rings. The zero-order chi connectivity index (χ0) is 13.9. The molecule has 0 saturated heterocycles. The molecule has 11 heteroatoms. The van der Waals surface area contributed by atoms with Crippen LogP contribution in [0.1, 0.15) is 0 Å². The topological polar surface area (TPSA) is 38.7 Å². The molecule has 0 aliphatic carbocycles. The fraction of sp³-hybridized carbons (Fsp3) is 1.00. The Morgan fingerprint density at radius 2 is 1.53 bits per heavy atom. The summed E-state index contributed by atoms with van der Waals surface area (Å²) in [7, 11) is 0. The molecule has 0 fully saturated rings. The van der Waals surface area contributed by atoms with Crippen molar-refractivity contribution in [1.82, 2.24) is 0 Å². The fourth-order valence-corrected chi connectivity index (χ4v) is 0.874. The molecule has 0 saturated carbocycles. The fourth-order valence-electron chi connectivity index (χ4n) is 0.559. The van der Waals surface area contributed by atoms with Gasteiger partial charge in [-0.2, -0.15) is 13.2 Å². The summed E-state index contributed by atoms with van der Waals surface area (Å²) in [5, 5.41) is 0.711. The van der Waals surface area contributed by atoms with Crippen LogP contribution in [0.5, 0.6) is 0 Å². The Hall–Kier alpha value is 0.760. The highest BCUT2D eigenvalue weighted by Crippen LogP contribution is 2.34. The van der Waals surface area contributed by atoms with E-state index < -0.39 is 34.8 Å². The molecule has 17 heavy (non-hydrogen) atoms. The number of hydrogen-bond donors (Lipinski definition) is 1. The summed E-state index contributed by atoms with van der Waals surface area (Å²) < 4.78 is 55.5. The summed E-state index contributed by atoms with van der Waals surface area (Å²) in [5.74, 6) is 0. The first-order valence-corrected chi connectivity index (χ1v) is 5.30. The number of aliphatic hydroxyl groups is 1. The summed E-state index contributed by atoms with van der Waals surface area (Å²) in [6.45, 7) is -2.76. The Labute approximate surface area is 113 Å². The predicted molar refractivity (Wildman–Crippen MR) is 53.9 cm³/mol. The van der Waals surface area contributed by atoms with Crippen LogP contribution in [0.2, 0.25) is 0 Å². The van der Waals surface area contributed by atoms with Crippen LogP contribution in [0.15, 0.2) is 0 Å². The van der Waals surface area contributed by atoms with E-state index in [1.54, 1.807) is 0 Å².